The number of carbonyl (C=O) groups excluding carboxylic acids is 1. The van der Waals surface area contributed by atoms with Crippen molar-refractivity contribution in [2.24, 2.45) is 0 Å². The van der Waals surface area contributed by atoms with E-state index < -0.39 is 0 Å². The first-order valence-electron chi connectivity index (χ1n) is 6.55. The van der Waals surface area contributed by atoms with Crippen LogP contribution in [0.5, 0.6) is 0 Å². The standard InChI is InChI=1S/C14H22N2O2S/c1-5-15-12(14(17)18-6-2)9-19-13-8-10(3)7-11(4)16-13/h7-8,12,15H,5-6,9H2,1-4H3. The Morgan fingerprint density at radius 2 is 2.16 bits per heavy atom. The Hall–Kier alpha value is -1.07. The Labute approximate surface area is 119 Å². The van der Waals surface area contributed by atoms with Crippen LogP contribution in [0.4, 0.5) is 0 Å². The number of esters is 1. The van der Waals surface area contributed by atoms with Gasteiger partial charge >= 0.3 is 5.97 Å². The molecule has 1 rings (SSSR count). The molecule has 0 aliphatic rings. The average molecular weight is 282 g/mol. The zero-order valence-corrected chi connectivity index (χ0v) is 12.8. The molecule has 0 fully saturated rings. The van der Waals surface area contributed by atoms with Gasteiger partial charge in [-0.1, -0.05) is 6.92 Å². The molecule has 0 radical (unpaired) electrons. The van der Waals surface area contributed by atoms with E-state index in [1.165, 1.54) is 5.56 Å². The molecule has 0 bridgehead atoms. The molecule has 0 aliphatic carbocycles. The maximum absolute atomic E-state index is 11.8. The van der Waals surface area contributed by atoms with E-state index in [4.69, 9.17) is 4.74 Å². The third kappa shape index (κ3) is 5.61. The van der Waals surface area contributed by atoms with Gasteiger partial charge in [0.15, 0.2) is 0 Å². The zero-order chi connectivity index (χ0) is 14.3. The highest BCUT2D eigenvalue weighted by Gasteiger charge is 2.19. The normalized spacial score (nSPS) is 12.2. The topological polar surface area (TPSA) is 51.2 Å². The molecule has 0 saturated carbocycles. The third-order valence-electron chi connectivity index (χ3n) is 2.49. The summed E-state index contributed by atoms with van der Waals surface area (Å²) in [6, 6.07) is 3.79. The Morgan fingerprint density at radius 3 is 2.74 bits per heavy atom. The fourth-order valence-corrected chi connectivity index (χ4v) is 2.82. The molecule has 1 unspecified atom stereocenters. The highest BCUT2D eigenvalue weighted by Crippen LogP contribution is 2.18. The summed E-state index contributed by atoms with van der Waals surface area (Å²) in [4.78, 5) is 16.2. The van der Waals surface area contributed by atoms with Crippen LogP contribution < -0.4 is 5.32 Å². The summed E-state index contributed by atoms with van der Waals surface area (Å²) in [5.41, 5.74) is 2.18. The predicted molar refractivity (Wildman–Crippen MR) is 78.5 cm³/mol. The van der Waals surface area contributed by atoms with Crippen LogP contribution in [0, 0.1) is 13.8 Å². The van der Waals surface area contributed by atoms with E-state index in [0.717, 1.165) is 17.3 Å². The van der Waals surface area contributed by atoms with Gasteiger partial charge in [0.25, 0.3) is 0 Å². The average Bonchev–Trinajstić information content (AvgIpc) is 2.33. The lowest BCUT2D eigenvalue weighted by Crippen LogP contribution is -2.40. The number of aromatic nitrogens is 1. The minimum absolute atomic E-state index is 0.193. The van der Waals surface area contributed by atoms with E-state index >= 15 is 0 Å². The molecule has 1 aromatic rings. The quantitative estimate of drug-likeness (QED) is 0.614. The molecular weight excluding hydrogens is 260 g/mol. The maximum Gasteiger partial charge on any atom is 0.323 e. The minimum atomic E-state index is -0.280. The second kappa shape index (κ2) is 8.17. The highest BCUT2D eigenvalue weighted by molar-refractivity contribution is 7.99. The summed E-state index contributed by atoms with van der Waals surface area (Å²) >= 11 is 1.58. The molecule has 0 aliphatic heterocycles. The molecule has 0 aromatic carbocycles. The van der Waals surface area contributed by atoms with Crippen molar-refractivity contribution >= 4 is 17.7 Å². The van der Waals surface area contributed by atoms with E-state index in [-0.39, 0.29) is 12.0 Å². The number of likely N-dealkylation sites (N-methyl/N-ethyl adjacent to an activating group) is 1. The lowest BCUT2D eigenvalue weighted by molar-refractivity contribution is -0.144. The fraction of sp³-hybridized carbons (Fsp3) is 0.571. The molecule has 4 nitrogen and oxygen atoms in total. The second-order valence-corrected chi connectivity index (χ2v) is 5.34. The van der Waals surface area contributed by atoms with E-state index in [9.17, 15) is 4.79 Å². The van der Waals surface area contributed by atoms with Gasteiger partial charge < -0.3 is 10.1 Å². The monoisotopic (exact) mass is 282 g/mol. The van der Waals surface area contributed by atoms with Crippen LogP contribution in [0.2, 0.25) is 0 Å². The number of ether oxygens (including phenoxy) is 1. The number of rotatable bonds is 7. The molecule has 19 heavy (non-hydrogen) atoms. The molecule has 1 N–H and O–H groups in total. The van der Waals surface area contributed by atoms with Crippen molar-refractivity contribution < 1.29 is 9.53 Å². The van der Waals surface area contributed by atoms with Gasteiger partial charge in [-0.2, -0.15) is 0 Å². The molecule has 106 valence electrons. The number of nitrogens with zero attached hydrogens (tertiary/aromatic N) is 1. The molecule has 1 aromatic heterocycles. The summed E-state index contributed by atoms with van der Waals surface area (Å²) in [6.07, 6.45) is 0. The van der Waals surface area contributed by atoms with Gasteiger partial charge in [-0.05, 0) is 45.0 Å². The van der Waals surface area contributed by atoms with Gasteiger partial charge in [-0.3, -0.25) is 4.79 Å². The number of pyridine rings is 1. The molecule has 0 saturated heterocycles. The molecule has 1 heterocycles. The van der Waals surface area contributed by atoms with Crippen molar-refractivity contribution in [3.8, 4) is 0 Å². The maximum atomic E-state index is 11.8. The molecule has 0 spiro atoms. The molecule has 0 amide bonds. The van der Waals surface area contributed by atoms with Crippen LogP contribution in [-0.4, -0.2) is 35.9 Å². The smallest absolute Gasteiger partial charge is 0.323 e. The minimum Gasteiger partial charge on any atom is -0.465 e. The zero-order valence-electron chi connectivity index (χ0n) is 12.0. The first-order chi connectivity index (χ1) is 9.06. The van der Waals surface area contributed by atoms with Crippen LogP contribution >= 0.6 is 11.8 Å². The van der Waals surface area contributed by atoms with Crippen molar-refractivity contribution in [1.82, 2.24) is 10.3 Å². The number of carbonyl (C=O) groups is 1. The van der Waals surface area contributed by atoms with Crippen molar-refractivity contribution in [3.63, 3.8) is 0 Å². The van der Waals surface area contributed by atoms with E-state index in [2.05, 4.69) is 10.3 Å². The largest absolute Gasteiger partial charge is 0.465 e. The molecule has 5 heteroatoms. The lowest BCUT2D eigenvalue weighted by Gasteiger charge is -2.15. The fourth-order valence-electron chi connectivity index (χ4n) is 1.75. The van der Waals surface area contributed by atoms with Crippen LogP contribution in [0.15, 0.2) is 17.2 Å². The van der Waals surface area contributed by atoms with Crippen LogP contribution in [0.1, 0.15) is 25.1 Å². The third-order valence-corrected chi connectivity index (χ3v) is 3.50. The van der Waals surface area contributed by atoms with Gasteiger partial charge in [0, 0.05) is 11.4 Å². The van der Waals surface area contributed by atoms with Gasteiger partial charge in [0.1, 0.15) is 6.04 Å². The number of aryl methyl sites for hydroxylation is 2. The van der Waals surface area contributed by atoms with E-state index in [0.29, 0.717) is 12.4 Å². The number of hydrogen-bond acceptors (Lipinski definition) is 5. The Morgan fingerprint density at radius 1 is 1.42 bits per heavy atom. The molecule has 1 atom stereocenters. The summed E-state index contributed by atoms with van der Waals surface area (Å²) in [5.74, 6) is 0.434. The predicted octanol–water partition coefficient (Wildman–Crippen LogP) is 2.33. The Kier molecular flexibility index (Phi) is 6.87. The number of nitrogens with one attached hydrogen (secondary N) is 1. The lowest BCUT2D eigenvalue weighted by atomic mass is 10.3. The van der Waals surface area contributed by atoms with Gasteiger partial charge in [0.2, 0.25) is 0 Å². The first kappa shape index (κ1) is 16.0. The summed E-state index contributed by atoms with van der Waals surface area (Å²) in [7, 11) is 0. The van der Waals surface area contributed by atoms with Gasteiger partial charge in [-0.25, -0.2) is 4.98 Å². The van der Waals surface area contributed by atoms with E-state index in [1.54, 1.807) is 11.8 Å². The van der Waals surface area contributed by atoms with Crippen LogP contribution in [-0.2, 0) is 9.53 Å². The number of hydrogen-bond donors (Lipinski definition) is 1. The van der Waals surface area contributed by atoms with Crippen molar-refractivity contribution in [2.75, 3.05) is 18.9 Å². The van der Waals surface area contributed by atoms with Crippen molar-refractivity contribution in [1.29, 1.82) is 0 Å². The second-order valence-electron chi connectivity index (χ2n) is 4.30. The summed E-state index contributed by atoms with van der Waals surface area (Å²) in [6.45, 7) is 8.97. The molecular formula is C14H22N2O2S. The van der Waals surface area contributed by atoms with Crippen molar-refractivity contribution in [2.45, 2.75) is 38.8 Å². The number of thioether (sulfide) groups is 1. The Bertz CT molecular complexity index is 404. The summed E-state index contributed by atoms with van der Waals surface area (Å²) < 4.78 is 5.06. The van der Waals surface area contributed by atoms with E-state index in [1.807, 2.05) is 39.8 Å². The summed E-state index contributed by atoms with van der Waals surface area (Å²) in [5, 5.41) is 4.09. The Balaban J connectivity index is 2.62. The van der Waals surface area contributed by atoms with Gasteiger partial charge in [-0.15, -0.1) is 11.8 Å². The SMILES string of the molecule is CCNC(CSc1cc(C)cc(C)n1)C(=O)OCC. The highest BCUT2D eigenvalue weighted by atomic mass is 32.2. The van der Waals surface area contributed by atoms with Crippen molar-refractivity contribution in [3.05, 3.63) is 23.4 Å². The first-order valence-corrected chi connectivity index (χ1v) is 7.53. The van der Waals surface area contributed by atoms with Gasteiger partial charge in [0.05, 0.1) is 11.6 Å². The van der Waals surface area contributed by atoms with Crippen LogP contribution in [0.25, 0.3) is 0 Å². The van der Waals surface area contributed by atoms with Crippen LogP contribution in [0.3, 0.4) is 0 Å².